The Morgan fingerprint density at radius 2 is 2.02 bits per heavy atom. The Balaban J connectivity index is 1.24. The van der Waals surface area contributed by atoms with E-state index in [9.17, 15) is 4.79 Å². The number of rotatable bonds is 6. The van der Waals surface area contributed by atoms with Crippen LogP contribution in [-0.4, -0.2) is 59.2 Å². The van der Waals surface area contributed by atoms with E-state index in [1.54, 1.807) is 17.1 Å². The average molecular weight is 560 g/mol. The molecule has 1 saturated heterocycles. The lowest BCUT2D eigenvalue weighted by Gasteiger charge is -2.38. The standard InChI is InChI=1S/C32H33N9O/c1-3-29(42)39-17-13-25(20(2)19-39)36-26-10-7-21-18-22(8-9-23(21)26)41-31(24-6-4-14-34-30(24)33)37-27-11-12-28(38-32(27)41)40-16-5-15-35-40/h3-6,8-9,11-12,14-16,18,20,25-26,36H,1,7,10,13,17,19H2,2H3,(H2,33,34). The number of nitrogen functional groups attached to an aromatic ring is 1. The van der Waals surface area contributed by atoms with Crippen molar-refractivity contribution in [2.75, 3.05) is 18.8 Å². The normalized spacial score (nSPS) is 20.1. The van der Waals surface area contributed by atoms with Gasteiger partial charge in [0.15, 0.2) is 17.3 Å². The van der Waals surface area contributed by atoms with Gasteiger partial charge in [0.2, 0.25) is 5.91 Å². The number of aryl methyl sites for hydroxylation is 1. The highest BCUT2D eigenvalue weighted by Gasteiger charge is 2.32. The summed E-state index contributed by atoms with van der Waals surface area (Å²) in [6, 6.07) is 16.8. The molecular formula is C32H33N9O. The predicted octanol–water partition coefficient (Wildman–Crippen LogP) is 4.25. The molecule has 3 unspecified atom stereocenters. The number of anilines is 1. The molecule has 1 fully saturated rings. The smallest absolute Gasteiger partial charge is 0.245 e. The Bertz CT molecular complexity index is 1790. The number of fused-ring (bicyclic) bond motifs is 2. The molecule has 1 aromatic carbocycles. The third-order valence-corrected chi connectivity index (χ3v) is 8.58. The van der Waals surface area contributed by atoms with Gasteiger partial charge in [-0.2, -0.15) is 5.10 Å². The number of nitrogens with two attached hydrogens (primary N) is 1. The highest BCUT2D eigenvalue weighted by molar-refractivity contribution is 5.87. The van der Waals surface area contributed by atoms with Gasteiger partial charge < -0.3 is 16.0 Å². The van der Waals surface area contributed by atoms with Crippen molar-refractivity contribution in [3.8, 4) is 22.9 Å². The Morgan fingerprint density at radius 1 is 1.12 bits per heavy atom. The van der Waals surface area contributed by atoms with E-state index in [4.69, 9.17) is 15.7 Å². The van der Waals surface area contributed by atoms with Crippen molar-refractivity contribution in [1.82, 2.24) is 39.5 Å². The average Bonchev–Trinajstić information content (AvgIpc) is 3.76. The summed E-state index contributed by atoms with van der Waals surface area (Å²) in [7, 11) is 0. The highest BCUT2D eigenvalue weighted by atomic mass is 16.2. The van der Waals surface area contributed by atoms with Crippen LogP contribution in [0.4, 0.5) is 5.82 Å². The minimum absolute atomic E-state index is 0.0182. The lowest BCUT2D eigenvalue weighted by Crippen LogP contribution is -2.50. The van der Waals surface area contributed by atoms with Gasteiger partial charge in [0, 0.05) is 49.5 Å². The number of carbonyl (C=O) groups excluding carboxylic acids is 1. The van der Waals surface area contributed by atoms with Gasteiger partial charge in [0.25, 0.3) is 0 Å². The third-order valence-electron chi connectivity index (χ3n) is 8.58. The molecule has 10 heteroatoms. The highest BCUT2D eigenvalue weighted by Crippen LogP contribution is 2.37. The van der Waals surface area contributed by atoms with Crippen molar-refractivity contribution in [2.24, 2.45) is 5.92 Å². The number of carbonyl (C=O) groups is 1. The molecule has 0 bridgehead atoms. The van der Waals surface area contributed by atoms with E-state index in [1.807, 2.05) is 41.4 Å². The number of aromatic nitrogens is 6. The zero-order chi connectivity index (χ0) is 28.8. The molecule has 0 radical (unpaired) electrons. The molecule has 7 rings (SSSR count). The summed E-state index contributed by atoms with van der Waals surface area (Å²) in [6.45, 7) is 7.37. The van der Waals surface area contributed by atoms with Crippen LogP contribution in [0, 0.1) is 5.92 Å². The number of pyridine rings is 2. The summed E-state index contributed by atoms with van der Waals surface area (Å²) in [4.78, 5) is 28.3. The van der Waals surface area contributed by atoms with Gasteiger partial charge in [-0.15, -0.1) is 0 Å². The van der Waals surface area contributed by atoms with Crippen LogP contribution in [0.2, 0.25) is 0 Å². The molecule has 3 N–H and O–H groups in total. The van der Waals surface area contributed by atoms with Crippen molar-refractivity contribution >= 4 is 22.9 Å². The van der Waals surface area contributed by atoms with Crippen LogP contribution >= 0.6 is 0 Å². The summed E-state index contributed by atoms with van der Waals surface area (Å²) in [5.74, 6) is 2.21. The molecule has 1 aliphatic carbocycles. The fourth-order valence-electron chi connectivity index (χ4n) is 6.41. The number of nitrogens with zero attached hydrogens (tertiary/aromatic N) is 7. The third kappa shape index (κ3) is 4.53. The van der Waals surface area contributed by atoms with Crippen molar-refractivity contribution in [3.63, 3.8) is 0 Å². The molecule has 42 heavy (non-hydrogen) atoms. The number of amides is 1. The Labute approximate surface area is 243 Å². The summed E-state index contributed by atoms with van der Waals surface area (Å²) < 4.78 is 3.82. The summed E-state index contributed by atoms with van der Waals surface area (Å²) >= 11 is 0. The number of hydrogen-bond donors (Lipinski definition) is 2. The first-order valence-corrected chi connectivity index (χ1v) is 14.4. The minimum Gasteiger partial charge on any atom is -0.383 e. The lowest BCUT2D eigenvalue weighted by atomic mass is 9.92. The van der Waals surface area contributed by atoms with Crippen LogP contribution in [0.3, 0.4) is 0 Å². The Kier molecular flexibility index (Phi) is 6.54. The molecule has 212 valence electrons. The molecule has 10 nitrogen and oxygen atoms in total. The van der Waals surface area contributed by atoms with E-state index in [1.165, 1.54) is 17.2 Å². The number of hydrogen-bond acceptors (Lipinski definition) is 7. The van der Waals surface area contributed by atoms with Crippen molar-refractivity contribution in [1.29, 1.82) is 0 Å². The zero-order valence-electron chi connectivity index (χ0n) is 23.5. The number of benzene rings is 1. The maximum atomic E-state index is 12.1. The molecule has 5 aromatic rings. The monoisotopic (exact) mass is 559 g/mol. The van der Waals surface area contributed by atoms with Gasteiger partial charge in [0.05, 0.1) is 5.56 Å². The fourth-order valence-corrected chi connectivity index (χ4v) is 6.41. The topological polar surface area (TPSA) is 120 Å². The molecule has 1 amide bonds. The van der Waals surface area contributed by atoms with E-state index in [0.29, 0.717) is 29.4 Å². The van der Waals surface area contributed by atoms with Gasteiger partial charge in [-0.05, 0) is 84.8 Å². The largest absolute Gasteiger partial charge is 0.383 e. The van der Waals surface area contributed by atoms with Crippen LogP contribution in [0.1, 0.15) is 36.9 Å². The molecule has 0 spiro atoms. The van der Waals surface area contributed by atoms with Crippen LogP contribution in [0.15, 0.2) is 79.8 Å². The molecule has 5 heterocycles. The molecular weight excluding hydrogens is 526 g/mol. The number of imidazole rings is 1. The summed E-state index contributed by atoms with van der Waals surface area (Å²) in [5, 5.41) is 8.29. The SMILES string of the molecule is C=CC(=O)N1CCC(NC2CCc3cc(-n4c(-c5cccnc5N)nc5ccc(-n6cccn6)nc54)ccc32)C(C)C1. The van der Waals surface area contributed by atoms with E-state index in [-0.39, 0.29) is 11.9 Å². The van der Waals surface area contributed by atoms with Crippen LogP contribution in [-0.2, 0) is 11.2 Å². The van der Waals surface area contributed by atoms with E-state index >= 15 is 0 Å². The maximum absolute atomic E-state index is 12.1. The van der Waals surface area contributed by atoms with Crippen LogP contribution in [0.5, 0.6) is 0 Å². The zero-order valence-corrected chi connectivity index (χ0v) is 23.5. The number of nitrogens with one attached hydrogen (secondary N) is 1. The van der Waals surface area contributed by atoms with Gasteiger partial charge in [-0.25, -0.2) is 19.6 Å². The second-order valence-corrected chi connectivity index (χ2v) is 11.2. The van der Waals surface area contributed by atoms with Gasteiger partial charge in [-0.3, -0.25) is 9.36 Å². The minimum atomic E-state index is 0.0182. The summed E-state index contributed by atoms with van der Waals surface area (Å²) in [6.07, 6.45) is 9.66. The number of piperidine rings is 1. The fraction of sp³-hybridized carbons (Fsp3) is 0.281. The lowest BCUT2D eigenvalue weighted by molar-refractivity contribution is -0.128. The van der Waals surface area contributed by atoms with E-state index in [0.717, 1.165) is 54.8 Å². The first-order chi connectivity index (χ1) is 20.5. The van der Waals surface area contributed by atoms with Gasteiger partial charge in [-0.1, -0.05) is 19.6 Å². The Morgan fingerprint density at radius 3 is 2.81 bits per heavy atom. The van der Waals surface area contributed by atoms with Gasteiger partial charge >= 0.3 is 0 Å². The van der Waals surface area contributed by atoms with Crippen LogP contribution < -0.4 is 11.1 Å². The molecule has 1 aliphatic heterocycles. The molecule has 2 aliphatic rings. The molecule has 3 atom stereocenters. The molecule has 0 saturated carbocycles. The van der Waals surface area contributed by atoms with Crippen LogP contribution in [0.25, 0.3) is 34.1 Å². The van der Waals surface area contributed by atoms with Crippen molar-refractivity contribution < 1.29 is 4.79 Å². The quantitative estimate of drug-likeness (QED) is 0.299. The Hall–Kier alpha value is -4.83. The second-order valence-electron chi connectivity index (χ2n) is 11.2. The van der Waals surface area contributed by atoms with Crippen molar-refractivity contribution in [2.45, 2.75) is 38.3 Å². The van der Waals surface area contributed by atoms with Crippen molar-refractivity contribution in [3.05, 3.63) is 90.9 Å². The second kappa shape index (κ2) is 10.5. The molecule has 4 aromatic heterocycles. The first-order valence-electron chi connectivity index (χ1n) is 14.4. The van der Waals surface area contributed by atoms with E-state index in [2.05, 4.69) is 51.7 Å². The van der Waals surface area contributed by atoms with Gasteiger partial charge in [0.1, 0.15) is 11.3 Å². The number of likely N-dealkylation sites (tertiary alicyclic amines) is 1. The summed E-state index contributed by atoms with van der Waals surface area (Å²) in [5.41, 5.74) is 12.2. The van der Waals surface area contributed by atoms with E-state index < -0.39 is 0 Å². The maximum Gasteiger partial charge on any atom is 0.245 e. The predicted molar refractivity (Wildman–Crippen MR) is 162 cm³/mol. The first kappa shape index (κ1) is 26.1.